The molecule has 1 aliphatic carbocycles. The fraction of sp³-hybridized carbons (Fsp3) is 0.692. The van der Waals surface area contributed by atoms with Crippen LogP contribution in [0.25, 0.3) is 0 Å². The molecule has 3 rings (SSSR count). The molecule has 1 aromatic rings. The van der Waals surface area contributed by atoms with Crippen LogP contribution in [-0.2, 0) is 10.0 Å². The highest BCUT2D eigenvalue weighted by Gasteiger charge is 2.33. The Bertz CT molecular complexity index is 559. The van der Waals surface area contributed by atoms with E-state index >= 15 is 0 Å². The van der Waals surface area contributed by atoms with Crippen molar-refractivity contribution in [3.63, 3.8) is 0 Å². The molecule has 0 atom stereocenters. The fourth-order valence-corrected chi connectivity index (χ4v) is 7.03. The molecule has 1 saturated carbocycles. The molecule has 0 aromatic carbocycles. The highest BCUT2D eigenvalue weighted by molar-refractivity contribution is 9.10. The number of nitrogens with zero attached hydrogens (tertiary/aromatic N) is 2. The molecule has 4 nitrogen and oxygen atoms in total. The van der Waals surface area contributed by atoms with Crippen LogP contribution >= 0.6 is 27.3 Å². The van der Waals surface area contributed by atoms with E-state index in [1.165, 1.54) is 37.0 Å². The number of piperazine rings is 1. The van der Waals surface area contributed by atoms with Crippen LogP contribution < -0.4 is 0 Å². The number of thiophene rings is 1. The van der Waals surface area contributed by atoms with Crippen LogP contribution in [-0.4, -0.2) is 49.8 Å². The maximum atomic E-state index is 12.6. The molecule has 0 amide bonds. The zero-order chi connectivity index (χ0) is 14.2. The average Bonchev–Trinajstić information content (AvgIpc) is 3.10. The molecule has 0 bridgehead atoms. The van der Waals surface area contributed by atoms with E-state index in [0.717, 1.165) is 13.1 Å². The van der Waals surface area contributed by atoms with Crippen molar-refractivity contribution in [1.82, 2.24) is 9.21 Å². The van der Waals surface area contributed by atoms with E-state index in [4.69, 9.17) is 0 Å². The van der Waals surface area contributed by atoms with Gasteiger partial charge in [0.2, 0.25) is 0 Å². The Labute approximate surface area is 132 Å². The van der Waals surface area contributed by atoms with Crippen molar-refractivity contribution in [2.75, 3.05) is 26.2 Å². The Morgan fingerprint density at radius 3 is 2.35 bits per heavy atom. The molecule has 112 valence electrons. The molecular weight excluding hydrogens is 360 g/mol. The Balaban J connectivity index is 1.67. The minimum Gasteiger partial charge on any atom is -0.298 e. The Morgan fingerprint density at radius 2 is 1.80 bits per heavy atom. The summed E-state index contributed by atoms with van der Waals surface area (Å²) in [7, 11) is -3.32. The molecular formula is C13H19BrN2O2S2. The smallest absolute Gasteiger partial charge is 0.253 e. The summed E-state index contributed by atoms with van der Waals surface area (Å²) in [5.41, 5.74) is 0. The number of hydrogen-bond donors (Lipinski definition) is 0. The number of halogens is 1. The number of rotatable bonds is 3. The van der Waals surface area contributed by atoms with Crippen LogP contribution in [0.3, 0.4) is 0 Å². The van der Waals surface area contributed by atoms with Gasteiger partial charge in [0.05, 0.1) is 0 Å². The lowest BCUT2D eigenvalue weighted by atomic mass is 10.2. The summed E-state index contributed by atoms with van der Waals surface area (Å²) < 4.78 is 27.9. The monoisotopic (exact) mass is 378 g/mol. The van der Waals surface area contributed by atoms with Crippen molar-refractivity contribution in [3.05, 3.63) is 15.9 Å². The molecule has 0 radical (unpaired) electrons. The normalized spacial score (nSPS) is 23.4. The van der Waals surface area contributed by atoms with E-state index in [1.807, 2.05) is 5.38 Å². The third-order valence-corrected chi connectivity index (χ3v) is 8.82. The van der Waals surface area contributed by atoms with Crippen molar-refractivity contribution < 1.29 is 8.42 Å². The topological polar surface area (TPSA) is 40.6 Å². The molecule has 2 fully saturated rings. The molecule has 1 aromatic heterocycles. The van der Waals surface area contributed by atoms with Gasteiger partial charge in [-0.2, -0.15) is 4.31 Å². The van der Waals surface area contributed by atoms with E-state index in [1.54, 1.807) is 10.4 Å². The summed E-state index contributed by atoms with van der Waals surface area (Å²) in [4.78, 5) is 2.47. The van der Waals surface area contributed by atoms with E-state index in [2.05, 4.69) is 20.8 Å². The Hall–Kier alpha value is 0.0500. The van der Waals surface area contributed by atoms with E-state index in [0.29, 0.717) is 27.8 Å². The van der Waals surface area contributed by atoms with Crippen LogP contribution in [0.5, 0.6) is 0 Å². The minimum absolute atomic E-state index is 0.437. The zero-order valence-electron chi connectivity index (χ0n) is 11.3. The van der Waals surface area contributed by atoms with Gasteiger partial charge in [0.25, 0.3) is 10.0 Å². The maximum Gasteiger partial charge on any atom is 0.253 e. The lowest BCUT2D eigenvalue weighted by molar-refractivity contribution is 0.139. The van der Waals surface area contributed by atoms with E-state index in [-0.39, 0.29) is 0 Å². The first kappa shape index (κ1) is 15.0. The molecule has 0 spiro atoms. The predicted octanol–water partition coefficient (Wildman–Crippen LogP) is 2.76. The zero-order valence-corrected chi connectivity index (χ0v) is 14.5. The van der Waals surface area contributed by atoms with Crippen molar-refractivity contribution in [3.8, 4) is 0 Å². The van der Waals surface area contributed by atoms with Gasteiger partial charge in [-0.05, 0) is 40.2 Å². The highest BCUT2D eigenvalue weighted by Crippen LogP contribution is 2.31. The SMILES string of the molecule is O=S(=O)(c1sccc1Br)N1CCN(C2CCCC2)CC1. The Kier molecular flexibility index (Phi) is 4.52. The van der Waals surface area contributed by atoms with Gasteiger partial charge >= 0.3 is 0 Å². The lowest BCUT2D eigenvalue weighted by Gasteiger charge is -2.37. The van der Waals surface area contributed by atoms with Gasteiger partial charge in [-0.1, -0.05) is 12.8 Å². The maximum absolute atomic E-state index is 12.6. The van der Waals surface area contributed by atoms with Gasteiger partial charge in [-0.3, -0.25) is 4.90 Å². The Morgan fingerprint density at radius 1 is 1.15 bits per heavy atom. The van der Waals surface area contributed by atoms with Gasteiger partial charge in [0.1, 0.15) is 4.21 Å². The average molecular weight is 379 g/mol. The largest absolute Gasteiger partial charge is 0.298 e. The lowest BCUT2D eigenvalue weighted by Crippen LogP contribution is -2.51. The molecule has 0 unspecified atom stereocenters. The van der Waals surface area contributed by atoms with Crippen molar-refractivity contribution >= 4 is 37.3 Å². The summed E-state index contributed by atoms with van der Waals surface area (Å²) in [5.74, 6) is 0. The van der Waals surface area contributed by atoms with Crippen LogP contribution in [0.4, 0.5) is 0 Å². The summed E-state index contributed by atoms with van der Waals surface area (Å²) in [6, 6.07) is 2.49. The summed E-state index contributed by atoms with van der Waals surface area (Å²) in [6.45, 7) is 2.96. The molecule has 20 heavy (non-hydrogen) atoms. The van der Waals surface area contributed by atoms with Gasteiger partial charge in [-0.25, -0.2) is 8.42 Å². The van der Waals surface area contributed by atoms with Gasteiger partial charge in [0.15, 0.2) is 0 Å². The predicted molar refractivity (Wildman–Crippen MR) is 84.6 cm³/mol. The van der Waals surface area contributed by atoms with Crippen molar-refractivity contribution in [2.45, 2.75) is 35.9 Å². The second-order valence-corrected chi connectivity index (χ2v) is 9.34. The minimum atomic E-state index is -3.32. The van der Waals surface area contributed by atoms with Crippen LogP contribution in [0, 0.1) is 0 Å². The second-order valence-electron chi connectivity index (χ2n) is 5.43. The molecule has 7 heteroatoms. The van der Waals surface area contributed by atoms with E-state index in [9.17, 15) is 8.42 Å². The standard InChI is InChI=1S/C13H19BrN2O2S2/c14-12-5-10-19-13(12)20(17,18)16-8-6-15(7-9-16)11-3-1-2-4-11/h5,10-11H,1-4,6-9H2. The first-order chi connectivity index (χ1) is 9.59. The summed E-state index contributed by atoms with van der Waals surface area (Å²) in [5, 5.41) is 1.81. The quantitative estimate of drug-likeness (QED) is 0.811. The first-order valence-corrected chi connectivity index (χ1v) is 10.2. The molecule has 1 aliphatic heterocycles. The van der Waals surface area contributed by atoms with Crippen LogP contribution in [0.15, 0.2) is 20.1 Å². The third-order valence-electron chi connectivity index (χ3n) is 4.27. The van der Waals surface area contributed by atoms with E-state index < -0.39 is 10.0 Å². The summed E-state index contributed by atoms with van der Waals surface area (Å²) in [6.07, 6.45) is 5.21. The summed E-state index contributed by atoms with van der Waals surface area (Å²) >= 11 is 4.61. The second kappa shape index (κ2) is 6.04. The number of sulfonamides is 1. The third kappa shape index (κ3) is 2.83. The highest BCUT2D eigenvalue weighted by atomic mass is 79.9. The van der Waals surface area contributed by atoms with Crippen LogP contribution in [0.1, 0.15) is 25.7 Å². The fourth-order valence-electron chi connectivity index (χ4n) is 3.16. The molecule has 1 saturated heterocycles. The van der Waals surface area contributed by atoms with Crippen LogP contribution in [0.2, 0.25) is 0 Å². The van der Waals surface area contributed by atoms with Gasteiger partial charge < -0.3 is 0 Å². The molecule has 2 heterocycles. The number of hydrogen-bond acceptors (Lipinski definition) is 4. The molecule has 0 N–H and O–H groups in total. The van der Waals surface area contributed by atoms with Crippen molar-refractivity contribution in [1.29, 1.82) is 0 Å². The van der Waals surface area contributed by atoms with Gasteiger partial charge in [0, 0.05) is 36.7 Å². The van der Waals surface area contributed by atoms with Gasteiger partial charge in [-0.15, -0.1) is 11.3 Å². The first-order valence-electron chi connectivity index (χ1n) is 7.06. The molecule has 2 aliphatic rings. The van der Waals surface area contributed by atoms with Crippen molar-refractivity contribution in [2.24, 2.45) is 0 Å².